The van der Waals surface area contributed by atoms with Crippen LogP contribution in [0.5, 0.6) is 0 Å². The van der Waals surface area contributed by atoms with E-state index in [0.29, 0.717) is 31.2 Å². The fraction of sp³-hybridized carbons (Fsp3) is 0.500. The number of hydrogen-bond acceptors (Lipinski definition) is 5. The number of urea groups is 1. The molecule has 1 heterocycles. The fourth-order valence-electron chi connectivity index (χ4n) is 3.76. The molecule has 1 aliphatic rings. The quantitative estimate of drug-likeness (QED) is 0.651. The second kappa shape index (κ2) is 10.4. The Kier molecular flexibility index (Phi) is 7.62. The van der Waals surface area contributed by atoms with Gasteiger partial charge < -0.3 is 10.1 Å². The minimum Gasteiger partial charge on any atom is -0.383 e. The maximum Gasteiger partial charge on any atom is 0.322 e. The number of anilines is 1. The van der Waals surface area contributed by atoms with Gasteiger partial charge in [0.05, 0.1) is 35.5 Å². The molecular weight excluding hydrogens is 384 g/mol. The van der Waals surface area contributed by atoms with E-state index in [2.05, 4.69) is 11.4 Å². The molecule has 1 N–H and O–H groups in total. The molecule has 0 radical (unpaired) electrons. The minimum atomic E-state index is -0.177. The summed E-state index contributed by atoms with van der Waals surface area (Å²) in [5, 5.41) is 14.1. The number of carbonyl (C=O) groups is 1. The number of nitrogens with one attached hydrogen (secondary N) is 1. The fourth-order valence-corrected chi connectivity index (χ4v) is 4.93. The van der Waals surface area contributed by atoms with Crippen molar-refractivity contribution >= 4 is 22.4 Å². The summed E-state index contributed by atoms with van der Waals surface area (Å²) in [4.78, 5) is 19.5. The molecule has 1 aromatic heterocycles. The number of thiazole rings is 1. The number of ether oxygens (including phenoxy) is 1. The molecule has 1 aliphatic carbocycles. The van der Waals surface area contributed by atoms with Gasteiger partial charge in [-0.15, -0.1) is 11.3 Å². The van der Waals surface area contributed by atoms with Crippen molar-refractivity contribution in [3.05, 3.63) is 46.1 Å². The second-order valence-corrected chi connectivity index (χ2v) is 8.54. The molecule has 6 nitrogen and oxygen atoms in total. The molecule has 3 rings (SSSR count). The predicted octanol–water partition coefficient (Wildman–Crippen LogP) is 4.42. The van der Waals surface area contributed by atoms with Gasteiger partial charge in [0, 0.05) is 20.1 Å². The summed E-state index contributed by atoms with van der Waals surface area (Å²) in [6.07, 6.45) is 6.16. The van der Waals surface area contributed by atoms with Gasteiger partial charge in [-0.25, -0.2) is 9.78 Å². The number of carbonyl (C=O) groups excluding carboxylic acids is 1. The standard InChI is InChI=1S/C22H28N4O2S/c1-16-21(29-20(25-16)13-17-6-3-4-7-17)26(22(27)24-10-11-28-2)15-19-9-5-8-18(12-19)14-23/h5,8-9,12,17H,3-4,6-7,10-11,13,15H2,1-2H3,(H,24,27). The average Bonchev–Trinajstić information content (AvgIpc) is 3.36. The van der Waals surface area contributed by atoms with Gasteiger partial charge in [0.1, 0.15) is 5.00 Å². The van der Waals surface area contributed by atoms with Gasteiger partial charge >= 0.3 is 6.03 Å². The third-order valence-electron chi connectivity index (χ3n) is 5.22. The zero-order valence-electron chi connectivity index (χ0n) is 17.1. The molecule has 7 heteroatoms. The lowest BCUT2D eigenvalue weighted by Gasteiger charge is -2.22. The average molecular weight is 413 g/mol. The number of rotatable bonds is 8. The lowest BCUT2D eigenvalue weighted by Crippen LogP contribution is -2.41. The molecule has 0 unspecified atom stereocenters. The van der Waals surface area contributed by atoms with Crippen LogP contribution in [0, 0.1) is 24.2 Å². The summed E-state index contributed by atoms with van der Waals surface area (Å²) in [5.74, 6) is 0.713. The van der Waals surface area contributed by atoms with E-state index in [9.17, 15) is 10.1 Å². The lowest BCUT2D eigenvalue weighted by atomic mass is 10.1. The van der Waals surface area contributed by atoms with Crippen molar-refractivity contribution in [2.45, 2.75) is 45.6 Å². The van der Waals surface area contributed by atoms with Gasteiger partial charge in [0.15, 0.2) is 0 Å². The molecule has 0 saturated heterocycles. The highest BCUT2D eigenvalue weighted by Crippen LogP contribution is 2.34. The van der Waals surface area contributed by atoms with Crippen LogP contribution in [-0.2, 0) is 17.7 Å². The highest BCUT2D eigenvalue weighted by atomic mass is 32.1. The van der Waals surface area contributed by atoms with Crippen molar-refractivity contribution in [2.75, 3.05) is 25.2 Å². The number of aromatic nitrogens is 1. The van der Waals surface area contributed by atoms with Crippen LogP contribution in [-0.4, -0.2) is 31.3 Å². The third kappa shape index (κ3) is 5.78. The van der Waals surface area contributed by atoms with Crippen LogP contribution in [0.2, 0.25) is 0 Å². The van der Waals surface area contributed by atoms with E-state index in [-0.39, 0.29) is 6.03 Å². The Morgan fingerprint density at radius 1 is 1.41 bits per heavy atom. The first-order chi connectivity index (χ1) is 14.1. The van der Waals surface area contributed by atoms with Crippen molar-refractivity contribution in [2.24, 2.45) is 5.92 Å². The van der Waals surface area contributed by atoms with E-state index in [1.807, 2.05) is 25.1 Å². The number of nitrogens with zero attached hydrogens (tertiary/aromatic N) is 3. The molecular formula is C22H28N4O2S. The Labute approximate surface area is 176 Å². The molecule has 2 amide bonds. The first-order valence-electron chi connectivity index (χ1n) is 10.1. The maximum absolute atomic E-state index is 13.0. The van der Waals surface area contributed by atoms with E-state index in [0.717, 1.165) is 27.7 Å². The number of methoxy groups -OCH3 is 1. The van der Waals surface area contributed by atoms with E-state index in [4.69, 9.17) is 9.72 Å². The number of benzene rings is 1. The first kappa shape index (κ1) is 21.3. The minimum absolute atomic E-state index is 0.177. The molecule has 154 valence electrons. The van der Waals surface area contributed by atoms with E-state index in [1.165, 1.54) is 25.7 Å². The number of hydrogen-bond donors (Lipinski definition) is 1. The van der Waals surface area contributed by atoms with E-state index < -0.39 is 0 Å². The Morgan fingerprint density at radius 2 is 2.21 bits per heavy atom. The highest BCUT2D eigenvalue weighted by molar-refractivity contribution is 7.16. The summed E-state index contributed by atoms with van der Waals surface area (Å²) >= 11 is 1.61. The Bertz CT molecular complexity index is 868. The number of nitriles is 1. The van der Waals surface area contributed by atoms with Crippen LogP contribution in [0.4, 0.5) is 9.80 Å². The van der Waals surface area contributed by atoms with Crippen LogP contribution in [0.25, 0.3) is 0 Å². The molecule has 0 atom stereocenters. The van der Waals surface area contributed by atoms with Gasteiger partial charge in [-0.2, -0.15) is 5.26 Å². The molecule has 0 bridgehead atoms. The summed E-state index contributed by atoms with van der Waals surface area (Å²) < 4.78 is 5.05. The molecule has 0 spiro atoms. The van der Waals surface area contributed by atoms with Gasteiger partial charge in [-0.05, 0) is 30.5 Å². The van der Waals surface area contributed by atoms with Crippen molar-refractivity contribution in [1.29, 1.82) is 5.26 Å². The molecule has 2 aromatic rings. The molecule has 29 heavy (non-hydrogen) atoms. The lowest BCUT2D eigenvalue weighted by molar-refractivity contribution is 0.197. The molecule has 1 saturated carbocycles. The Morgan fingerprint density at radius 3 is 2.93 bits per heavy atom. The summed E-state index contributed by atoms with van der Waals surface area (Å²) in [5.41, 5.74) is 2.38. The largest absolute Gasteiger partial charge is 0.383 e. The summed E-state index contributed by atoms with van der Waals surface area (Å²) in [6, 6.07) is 9.36. The Balaban J connectivity index is 1.82. The van der Waals surface area contributed by atoms with Crippen molar-refractivity contribution in [3.8, 4) is 6.07 Å². The zero-order chi connectivity index (χ0) is 20.6. The number of aryl methyl sites for hydroxylation is 1. The van der Waals surface area contributed by atoms with Crippen LogP contribution < -0.4 is 10.2 Å². The second-order valence-electron chi connectivity index (χ2n) is 7.48. The van der Waals surface area contributed by atoms with Crippen molar-refractivity contribution < 1.29 is 9.53 Å². The van der Waals surface area contributed by atoms with Crippen molar-refractivity contribution in [1.82, 2.24) is 10.3 Å². The van der Waals surface area contributed by atoms with E-state index >= 15 is 0 Å². The molecule has 0 aliphatic heterocycles. The van der Waals surface area contributed by atoms with Gasteiger partial charge in [0.2, 0.25) is 0 Å². The predicted molar refractivity (Wildman–Crippen MR) is 115 cm³/mol. The van der Waals surface area contributed by atoms with Gasteiger partial charge in [-0.1, -0.05) is 37.8 Å². The van der Waals surface area contributed by atoms with E-state index in [1.54, 1.807) is 29.4 Å². The van der Waals surface area contributed by atoms with Crippen LogP contribution in [0.3, 0.4) is 0 Å². The highest BCUT2D eigenvalue weighted by Gasteiger charge is 2.24. The third-order valence-corrected chi connectivity index (χ3v) is 6.43. The normalized spacial score (nSPS) is 14.0. The monoisotopic (exact) mass is 412 g/mol. The van der Waals surface area contributed by atoms with Crippen LogP contribution in [0.15, 0.2) is 24.3 Å². The number of amides is 2. The van der Waals surface area contributed by atoms with Crippen LogP contribution in [0.1, 0.15) is 47.5 Å². The Hall–Kier alpha value is -2.43. The molecule has 1 fully saturated rings. The topological polar surface area (TPSA) is 78.2 Å². The first-order valence-corrected chi connectivity index (χ1v) is 10.9. The maximum atomic E-state index is 13.0. The summed E-state index contributed by atoms with van der Waals surface area (Å²) in [7, 11) is 1.61. The SMILES string of the molecule is COCCNC(=O)N(Cc1cccc(C#N)c1)c1sc(CC2CCCC2)nc1C. The smallest absolute Gasteiger partial charge is 0.322 e. The van der Waals surface area contributed by atoms with Gasteiger partial charge in [0.25, 0.3) is 0 Å². The van der Waals surface area contributed by atoms with Gasteiger partial charge in [-0.3, -0.25) is 4.90 Å². The molecule has 1 aromatic carbocycles. The summed E-state index contributed by atoms with van der Waals surface area (Å²) in [6.45, 7) is 3.25. The van der Waals surface area contributed by atoms with Crippen LogP contribution >= 0.6 is 11.3 Å². The zero-order valence-corrected chi connectivity index (χ0v) is 17.9. The van der Waals surface area contributed by atoms with Crippen molar-refractivity contribution in [3.63, 3.8) is 0 Å².